The number of rotatable bonds is 3. The molecule has 0 spiro atoms. The second-order valence-electron chi connectivity index (χ2n) is 6.97. The maximum Gasteiger partial charge on any atom is 0.253 e. The Morgan fingerprint density at radius 2 is 1.89 bits per heavy atom. The SMILES string of the molecule is COC1CCCN(C(=O)c2ccc(-c3nc(C)nc4ccccc34)cc2)C1. The molecule has 27 heavy (non-hydrogen) atoms. The van der Waals surface area contributed by atoms with E-state index >= 15 is 0 Å². The van der Waals surface area contributed by atoms with Crippen LogP contribution in [0.3, 0.4) is 0 Å². The quantitative estimate of drug-likeness (QED) is 0.711. The summed E-state index contributed by atoms with van der Waals surface area (Å²) in [7, 11) is 1.71. The highest BCUT2D eigenvalue weighted by Gasteiger charge is 2.24. The highest BCUT2D eigenvalue weighted by Crippen LogP contribution is 2.26. The van der Waals surface area contributed by atoms with Gasteiger partial charge in [-0.05, 0) is 38.0 Å². The molecular formula is C22H23N3O2. The lowest BCUT2D eigenvalue weighted by Gasteiger charge is -2.32. The Morgan fingerprint density at radius 1 is 1.11 bits per heavy atom. The van der Waals surface area contributed by atoms with Crippen LogP contribution in [0.25, 0.3) is 22.2 Å². The van der Waals surface area contributed by atoms with Gasteiger partial charge in [0.05, 0.1) is 17.3 Å². The van der Waals surface area contributed by atoms with Crippen molar-refractivity contribution in [2.45, 2.75) is 25.9 Å². The average molecular weight is 361 g/mol. The summed E-state index contributed by atoms with van der Waals surface area (Å²) in [6, 6.07) is 15.7. The van der Waals surface area contributed by atoms with Crippen LogP contribution >= 0.6 is 0 Å². The number of methoxy groups -OCH3 is 1. The minimum atomic E-state index is 0.0621. The van der Waals surface area contributed by atoms with E-state index in [1.54, 1.807) is 7.11 Å². The summed E-state index contributed by atoms with van der Waals surface area (Å²) < 4.78 is 5.43. The summed E-state index contributed by atoms with van der Waals surface area (Å²) in [5.74, 6) is 0.801. The number of piperidine rings is 1. The lowest BCUT2D eigenvalue weighted by molar-refractivity contribution is 0.0269. The number of carbonyl (C=O) groups excluding carboxylic acids is 1. The van der Waals surface area contributed by atoms with Gasteiger partial charge in [-0.2, -0.15) is 0 Å². The lowest BCUT2D eigenvalue weighted by atomic mass is 10.0. The van der Waals surface area contributed by atoms with E-state index in [1.165, 1.54) is 0 Å². The first-order chi connectivity index (χ1) is 13.2. The molecule has 1 fully saturated rings. The first-order valence-electron chi connectivity index (χ1n) is 9.31. The summed E-state index contributed by atoms with van der Waals surface area (Å²) in [5.41, 5.74) is 3.51. The number of nitrogens with zero attached hydrogens (tertiary/aromatic N) is 3. The molecule has 1 aliphatic rings. The molecular weight excluding hydrogens is 338 g/mol. The number of aromatic nitrogens is 2. The van der Waals surface area contributed by atoms with Crippen molar-refractivity contribution in [1.82, 2.24) is 14.9 Å². The van der Waals surface area contributed by atoms with Crippen molar-refractivity contribution in [3.8, 4) is 11.3 Å². The minimum absolute atomic E-state index is 0.0621. The zero-order valence-electron chi connectivity index (χ0n) is 15.7. The van der Waals surface area contributed by atoms with Gasteiger partial charge >= 0.3 is 0 Å². The molecule has 0 N–H and O–H groups in total. The Labute approximate surface area is 159 Å². The zero-order chi connectivity index (χ0) is 18.8. The summed E-state index contributed by atoms with van der Waals surface area (Å²) in [5, 5.41) is 1.01. The monoisotopic (exact) mass is 361 g/mol. The number of amides is 1. The van der Waals surface area contributed by atoms with E-state index < -0.39 is 0 Å². The molecule has 2 heterocycles. The first-order valence-corrected chi connectivity index (χ1v) is 9.31. The molecule has 1 aliphatic heterocycles. The van der Waals surface area contributed by atoms with Crippen LogP contribution in [-0.2, 0) is 4.74 Å². The number of likely N-dealkylation sites (tertiary alicyclic amines) is 1. The van der Waals surface area contributed by atoms with Crippen molar-refractivity contribution in [2.24, 2.45) is 0 Å². The summed E-state index contributed by atoms with van der Waals surface area (Å²) in [6.45, 7) is 3.35. The molecule has 5 nitrogen and oxygen atoms in total. The van der Waals surface area contributed by atoms with Gasteiger partial charge in [0.25, 0.3) is 5.91 Å². The second-order valence-corrected chi connectivity index (χ2v) is 6.97. The standard InChI is InChI=1S/C22H23N3O2/c1-15-23-20-8-4-3-7-19(20)21(24-15)16-9-11-17(12-10-16)22(26)25-13-5-6-18(14-25)27-2/h3-4,7-12,18H,5-6,13-14H2,1-2H3. The number of ether oxygens (including phenoxy) is 1. The van der Waals surface area contributed by atoms with E-state index in [2.05, 4.69) is 9.97 Å². The molecule has 4 rings (SSSR count). The molecule has 1 unspecified atom stereocenters. The van der Waals surface area contributed by atoms with E-state index in [0.29, 0.717) is 12.1 Å². The average Bonchev–Trinajstić information content (AvgIpc) is 2.72. The number of hydrogen-bond donors (Lipinski definition) is 0. The van der Waals surface area contributed by atoms with Crippen LogP contribution in [0.15, 0.2) is 48.5 Å². The second kappa shape index (κ2) is 7.45. The van der Waals surface area contributed by atoms with E-state index in [-0.39, 0.29) is 12.0 Å². The third-order valence-electron chi connectivity index (χ3n) is 5.12. The zero-order valence-corrected chi connectivity index (χ0v) is 15.7. The van der Waals surface area contributed by atoms with Crippen molar-refractivity contribution in [3.63, 3.8) is 0 Å². The minimum Gasteiger partial charge on any atom is -0.380 e. The van der Waals surface area contributed by atoms with E-state index in [1.807, 2.05) is 60.4 Å². The molecule has 1 amide bonds. The van der Waals surface area contributed by atoms with Crippen LogP contribution in [0.1, 0.15) is 29.0 Å². The number of benzene rings is 2. The van der Waals surface area contributed by atoms with Gasteiger partial charge in [0.1, 0.15) is 5.82 Å². The normalized spacial score (nSPS) is 17.3. The van der Waals surface area contributed by atoms with Gasteiger partial charge in [0.2, 0.25) is 0 Å². The van der Waals surface area contributed by atoms with Crippen LogP contribution in [0.4, 0.5) is 0 Å². The molecule has 2 aromatic carbocycles. The van der Waals surface area contributed by atoms with Crippen LogP contribution in [0.5, 0.6) is 0 Å². The fraction of sp³-hybridized carbons (Fsp3) is 0.318. The third-order valence-corrected chi connectivity index (χ3v) is 5.12. The molecule has 1 atom stereocenters. The molecule has 0 radical (unpaired) electrons. The Morgan fingerprint density at radius 3 is 2.67 bits per heavy atom. The molecule has 0 saturated carbocycles. The van der Waals surface area contributed by atoms with Crippen molar-refractivity contribution < 1.29 is 9.53 Å². The summed E-state index contributed by atoms with van der Waals surface area (Å²) >= 11 is 0. The van der Waals surface area contributed by atoms with Gasteiger partial charge in [0.15, 0.2) is 0 Å². The highest BCUT2D eigenvalue weighted by molar-refractivity contribution is 5.96. The lowest BCUT2D eigenvalue weighted by Crippen LogP contribution is -2.42. The molecule has 3 aromatic rings. The molecule has 1 aromatic heterocycles. The maximum atomic E-state index is 12.8. The Bertz CT molecular complexity index is 969. The van der Waals surface area contributed by atoms with Gasteiger partial charge in [-0.25, -0.2) is 9.97 Å². The van der Waals surface area contributed by atoms with Crippen molar-refractivity contribution in [2.75, 3.05) is 20.2 Å². The topological polar surface area (TPSA) is 55.3 Å². The number of para-hydroxylation sites is 1. The number of fused-ring (bicyclic) bond motifs is 1. The molecule has 138 valence electrons. The van der Waals surface area contributed by atoms with Crippen LogP contribution < -0.4 is 0 Å². The predicted octanol–water partition coefficient (Wildman–Crippen LogP) is 3.86. The highest BCUT2D eigenvalue weighted by atomic mass is 16.5. The third kappa shape index (κ3) is 3.55. The fourth-order valence-corrected chi connectivity index (χ4v) is 3.68. The largest absolute Gasteiger partial charge is 0.380 e. The predicted molar refractivity (Wildman–Crippen MR) is 106 cm³/mol. The van der Waals surface area contributed by atoms with Gasteiger partial charge < -0.3 is 9.64 Å². The Hall–Kier alpha value is -2.79. The van der Waals surface area contributed by atoms with Gasteiger partial charge in [-0.3, -0.25) is 4.79 Å². The van der Waals surface area contributed by atoms with E-state index in [9.17, 15) is 4.79 Å². The van der Waals surface area contributed by atoms with Gasteiger partial charge in [-0.1, -0.05) is 30.3 Å². The molecule has 5 heteroatoms. The van der Waals surface area contributed by atoms with Crippen molar-refractivity contribution in [3.05, 3.63) is 59.9 Å². The fourth-order valence-electron chi connectivity index (χ4n) is 3.68. The Balaban J connectivity index is 1.62. The smallest absolute Gasteiger partial charge is 0.253 e. The van der Waals surface area contributed by atoms with Crippen molar-refractivity contribution >= 4 is 16.8 Å². The van der Waals surface area contributed by atoms with Gasteiger partial charge in [0, 0.05) is 36.7 Å². The number of aryl methyl sites for hydroxylation is 1. The number of hydrogen-bond acceptors (Lipinski definition) is 4. The van der Waals surface area contributed by atoms with Gasteiger partial charge in [-0.15, -0.1) is 0 Å². The molecule has 1 saturated heterocycles. The summed E-state index contributed by atoms with van der Waals surface area (Å²) in [6.07, 6.45) is 2.13. The maximum absolute atomic E-state index is 12.8. The number of carbonyl (C=O) groups is 1. The van der Waals surface area contributed by atoms with E-state index in [4.69, 9.17) is 4.74 Å². The first kappa shape index (κ1) is 17.6. The van der Waals surface area contributed by atoms with Crippen LogP contribution in [0.2, 0.25) is 0 Å². The molecule has 0 bridgehead atoms. The molecule has 0 aliphatic carbocycles. The van der Waals surface area contributed by atoms with Crippen LogP contribution in [-0.4, -0.2) is 47.1 Å². The van der Waals surface area contributed by atoms with Crippen LogP contribution in [0, 0.1) is 6.92 Å². The van der Waals surface area contributed by atoms with E-state index in [0.717, 1.165) is 47.4 Å². The summed E-state index contributed by atoms with van der Waals surface area (Å²) in [4.78, 5) is 23.8. The Kier molecular flexibility index (Phi) is 4.86. The van der Waals surface area contributed by atoms with Crippen molar-refractivity contribution in [1.29, 1.82) is 0 Å².